The van der Waals surface area contributed by atoms with E-state index in [1.807, 2.05) is 6.92 Å². The molecule has 0 atom stereocenters. The molecule has 5 nitrogen and oxygen atoms in total. The van der Waals surface area contributed by atoms with Gasteiger partial charge in [0.05, 0.1) is 19.1 Å². The van der Waals surface area contributed by atoms with E-state index in [1.54, 1.807) is 30.5 Å². The summed E-state index contributed by atoms with van der Waals surface area (Å²) in [5.74, 6) is 1.50. The Bertz CT molecular complexity index is 623. The van der Waals surface area contributed by atoms with Crippen LogP contribution in [-0.4, -0.2) is 40.0 Å². The maximum atomic E-state index is 13.0. The first kappa shape index (κ1) is 17.1. The molecule has 0 bridgehead atoms. The number of aryl methyl sites for hydroxylation is 1. The lowest BCUT2D eigenvalue weighted by Gasteiger charge is -2.23. The Balaban J connectivity index is 2.41. The molecular formula is C16H25NO4S. The highest BCUT2D eigenvalue weighted by Crippen LogP contribution is 2.36. The van der Waals surface area contributed by atoms with Gasteiger partial charge in [-0.25, -0.2) is 8.42 Å². The second kappa shape index (κ2) is 6.87. The van der Waals surface area contributed by atoms with Crippen LogP contribution in [0.5, 0.6) is 11.5 Å². The number of rotatable bonds is 8. The van der Waals surface area contributed by atoms with Crippen molar-refractivity contribution in [3.63, 3.8) is 0 Å². The summed E-state index contributed by atoms with van der Waals surface area (Å²) in [7, 11) is -0.454. The third-order valence-corrected chi connectivity index (χ3v) is 5.94. The monoisotopic (exact) mass is 327 g/mol. The number of ether oxygens (including phenoxy) is 2. The van der Waals surface area contributed by atoms with E-state index in [0.717, 1.165) is 19.3 Å². The van der Waals surface area contributed by atoms with Gasteiger partial charge in [0.15, 0.2) is 11.5 Å². The highest BCUT2D eigenvalue weighted by molar-refractivity contribution is 7.89. The molecule has 1 aliphatic carbocycles. The largest absolute Gasteiger partial charge is 0.493 e. The third kappa shape index (κ3) is 3.55. The zero-order chi connectivity index (χ0) is 16.3. The number of benzene rings is 1. The van der Waals surface area contributed by atoms with Crippen LogP contribution in [0.25, 0.3) is 0 Å². The van der Waals surface area contributed by atoms with Crippen LogP contribution in [0.4, 0.5) is 0 Å². The first-order valence-electron chi connectivity index (χ1n) is 7.66. The Morgan fingerprint density at radius 3 is 2.27 bits per heavy atom. The van der Waals surface area contributed by atoms with Gasteiger partial charge < -0.3 is 9.47 Å². The van der Waals surface area contributed by atoms with Crippen molar-refractivity contribution in [1.29, 1.82) is 0 Å². The van der Waals surface area contributed by atoms with Crippen molar-refractivity contribution in [3.8, 4) is 11.5 Å². The van der Waals surface area contributed by atoms with Gasteiger partial charge in [-0.05, 0) is 43.7 Å². The minimum Gasteiger partial charge on any atom is -0.493 e. The molecule has 0 aliphatic heterocycles. The molecular weight excluding hydrogens is 302 g/mol. The van der Waals surface area contributed by atoms with Crippen molar-refractivity contribution in [3.05, 3.63) is 17.7 Å². The number of methoxy groups -OCH3 is 2. The van der Waals surface area contributed by atoms with Gasteiger partial charge in [0.1, 0.15) is 0 Å². The summed E-state index contributed by atoms with van der Waals surface area (Å²) < 4.78 is 38.1. The lowest BCUT2D eigenvalue weighted by Crippen LogP contribution is -2.34. The van der Waals surface area contributed by atoms with E-state index in [4.69, 9.17) is 9.47 Å². The number of hydrogen-bond acceptors (Lipinski definition) is 4. The molecule has 2 rings (SSSR count). The molecule has 0 N–H and O–H groups in total. The van der Waals surface area contributed by atoms with Crippen molar-refractivity contribution >= 4 is 10.0 Å². The average Bonchev–Trinajstić information content (AvgIpc) is 3.30. The summed E-state index contributed by atoms with van der Waals surface area (Å²) in [4.78, 5) is 0.305. The van der Waals surface area contributed by atoms with Crippen LogP contribution in [-0.2, 0) is 10.0 Å². The summed E-state index contributed by atoms with van der Waals surface area (Å²) in [6.07, 6.45) is 3.06. The molecule has 0 spiro atoms. The summed E-state index contributed by atoms with van der Waals surface area (Å²) in [5, 5.41) is 0. The van der Waals surface area contributed by atoms with Crippen LogP contribution in [0, 0.1) is 12.8 Å². The average molecular weight is 327 g/mol. The molecule has 1 aliphatic rings. The van der Waals surface area contributed by atoms with E-state index < -0.39 is 10.0 Å². The molecule has 124 valence electrons. The van der Waals surface area contributed by atoms with Crippen molar-refractivity contribution < 1.29 is 17.9 Å². The maximum absolute atomic E-state index is 13.0. The number of nitrogens with zero attached hydrogens (tertiary/aromatic N) is 1. The molecule has 1 saturated carbocycles. The standard InChI is InChI=1S/C16H25NO4S/c1-5-8-17(11-13-6-7-13)22(18,19)16-10-15(21-4)14(20-3)9-12(16)2/h9-10,13H,5-8,11H2,1-4H3. The third-order valence-electron chi connectivity index (χ3n) is 3.93. The van der Waals surface area contributed by atoms with Crippen molar-refractivity contribution in [1.82, 2.24) is 4.31 Å². The van der Waals surface area contributed by atoms with Crippen LogP contribution in [0.2, 0.25) is 0 Å². The fourth-order valence-electron chi connectivity index (χ4n) is 2.53. The van der Waals surface area contributed by atoms with E-state index in [0.29, 0.717) is 41.0 Å². The molecule has 0 heterocycles. The van der Waals surface area contributed by atoms with Gasteiger partial charge >= 0.3 is 0 Å². The minimum atomic E-state index is -3.51. The van der Waals surface area contributed by atoms with Crippen molar-refractivity contribution in [2.24, 2.45) is 5.92 Å². The Labute approximate surface area is 133 Å². The van der Waals surface area contributed by atoms with Crippen LogP contribution >= 0.6 is 0 Å². The Morgan fingerprint density at radius 1 is 1.18 bits per heavy atom. The maximum Gasteiger partial charge on any atom is 0.243 e. The van der Waals surface area contributed by atoms with Gasteiger partial charge in [0.25, 0.3) is 0 Å². The fraction of sp³-hybridized carbons (Fsp3) is 0.625. The number of sulfonamides is 1. The number of hydrogen-bond donors (Lipinski definition) is 0. The Kier molecular flexibility index (Phi) is 5.34. The van der Waals surface area contributed by atoms with Gasteiger partial charge in [-0.15, -0.1) is 0 Å². The predicted octanol–water partition coefficient (Wildman–Crippen LogP) is 2.82. The SMILES string of the molecule is CCCN(CC1CC1)S(=O)(=O)c1cc(OC)c(OC)cc1C. The molecule has 0 amide bonds. The summed E-state index contributed by atoms with van der Waals surface area (Å²) >= 11 is 0. The second-order valence-corrected chi connectivity index (χ2v) is 7.69. The van der Waals surface area contributed by atoms with E-state index in [1.165, 1.54) is 7.11 Å². The molecule has 0 radical (unpaired) electrons. The smallest absolute Gasteiger partial charge is 0.243 e. The molecule has 6 heteroatoms. The molecule has 0 saturated heterocycles. The van der Waals surface area contributed by atoms with Gasteiger partial charge in [0.2, 0.25) is 10.0 Å². The summed E-state index contributed by atoms with van der Waals surface area (Å²) in [6.45, 7) is 4.95. The molecule has 0 aromatic heterocycles. The minimum absolute atomic E-state index is 0.305. The molecule has 22 heavy (non-hydrogen) atoms. The quantitative estimate of drug-likeness (QED) is 0.737. The van der Waals surface area contributed by atoms with E-state index in [9.17, 15) is 8.42 Å². The van der Waals surface area contributed by atoms with E-state index in [-0.39, 0.29) is 0 Å². The summed E-state index contributed by atoms with van der Waals surface area (Å²) in [5.41, 5.74) is 0.676. The zero-order valence-electron chi connectivity index (χ0n) is 13.8. The van der Waals surface area contributed by atoms with Crippen molar-refractivity contribution in [2.75, 3.05) is 27.3 Å². The fourth-order valence-corrected chi connectivity index (χ4v) is 4.36. The van der Waals surface area contributed by atoms with Gasteiger partial charge in [-0.1, -0.05) is 6.92 Å². The van der Waals surface area contributed by atoms with Crippen LogP contribution in [0.15, 0.2) is 17.0 Å². The Morgan fingerprint density at radius 2 is 1.77 bits per heavy atom. The van der Waals surface area contributed by atoms with Crippen LogP contribution in [0.1, 0.15) is 31.7 Å². The molecule has 0 unspecified atom stereocenters. The Hall–Kier alpha value is -1.27. The summed E-state index contributed by atoms with van der Waals surface area (Å²) in [6, 6.07) is 3.28. The zero-order valence-corrected chi connectivity index (χ0v) is 14.6. The highest BCUT2D eigenvalue weighted by Gasteiger charge is 2.32. The predicted molar refractivity (Wildman–Crippen MR) is 86.1 cm³/mol. The normalized spacial score (nSPS) is 15.1. The molecule has 1 aromatic carbocycles. The topological polar surface area (TPSA) is 55.8 Å². The van der Waals surface area contributed by atoms with Crippen molar-refractivity contribution in [2.45, 2.75) is 38.0 Å². The van der Waals surface area contributed by atoms with Gasteiger partial charge in [-0.2, -0.15) is 4.31 Å². The van der Waals surface area contributed by atoms with E-state index in [2.05, 4.69) is 0 Å². The van der Waals surface area contributed by atoms with Crippen LogP contribution < -0.4 is 9.47 Å². The molecule has 1 aromatic rings. The second-order valence-electron chi connectivity index (χ2n) is 5.78. The molecule has 1 fully saturated rings. The highest BCUT2D eigenvalue weighted by atomic mass is 32.2. The van der Waals surface area contributed by atoms with Crippen LogP contribution in [0.3, 0.4) is 0 Å². The van der Waals surface area contributed by atoms with E-state index >= 15 is 0 Å². The lowest BCUT2D eigenvalue weighted by atomic mass is 10.2. The first-order chi connectivity index (χ1) is 10.4. The van der Waals surface area contributed by atoms with Gasteiger partial charge in [0, 0.05) is 19.2 Å². The van der Waals surface area contributed by atoms with Gasteiger partial charge in [-0.3, -0.25) is 0 Å². The lowest BCUT2D eigenvalue weighted by molar-refractivity contribution is 0.352. The first-order valence-corrected chi connectivity index (χ1v) is 9.10.